The molecule has 0 fully saturated rings. The Hall–Kier alpha value is -2.31. The Bertz CT molecular complexity index is 736. The van der Waals surface area contributed by atoms with E-state index in [-0.39, 0.29) is 17.9 Å². The number of nitrogens with two attached hydrogens (primary N) is 1. The summed E-state index contributed by atoms with van der Waals surface area (Å²) in [6.07, 6.45) is 2.60. The van der Waals surface area contributed by atoms with Gasteiger partial charge in [0.1, 0.15) is 17.9 Å². The van der Waals surface area contributed by atoms with E-state index in [1.165, 1.54) is 35.2 Å². The maximum atomic E-state index is 11.9. The minimum Gasteiger partial charge on any atom is -0.458 e. The second kappa shape index (κ2) is 6.64. The average Bonchev–Trinajstić information content (AvgIpc) is 2.88. The van der Waals surface area contributed by atoms with Crippen LogP contribution in [-0.4, -0.2) is 28.3 Å². The van der Waals surface area contributed by atoms with Crippen molar-refractivity contribution >= 4 is 35.1 Å². The van der Waals surface area contributed by atoms with Crippen LogP contribution in [0.25, 0.3) is 5.69 Å². The van der Waals surface area contributed by atoms with Crippen LogP contribution in [0.3, 0.4) is 0 Å². The summed E-state index contributed by atoms with van der Waals surface area (Å²) in [6.45, 7) is 3.44. The van der Waals surface area contributed by atoms with Crippen molar-refractivity contribution < 1.29 is 14.3 Å². The van der Waals surface area contributed by atoms with Crippen molar-refractivity contribution in [3.05, 3.63) is 58.4 Å². The molecule has 1 aromatic carbocycles. The normalized spacial score (nSPS) is 10.3. The van der Waals surface area contributed by atoms with Crippen molar-refractivity contribution in [2.45, 2.75) is 0 Å². The Balaban J connectivity index is 2.53. The number of carbonyl (C=O) groups is 2. The van der Waals surface area contributed by atoms with E-state index in [1.807, 2.05) is 0 Å². The van der Waals surface area contributed by atoms with Crippen LogP contribution in [-0.2, 0) is 4.74 Å². The molecule has 0 aliphatic rings. The SMILES string of the molecule is C=CCOC(=O)c1cnn(-c2cc(Cl)cc(Cl)c2)c1C(N)=O. The summed E-state index contributed by atoms with van der Waals surface area (Å²) >= 11 is 11.9. The Kier molecular flexibility index (Phi) is 4.85. The highest BCUT2D eigenvalue weighted by Crippen LogP contribution is 2.23. The summed E-state index contributed by atoms with van der Waals surface area (Å²) in [4.78, 5) is 23.6. The molecule has 1 aromatic heterocycles. The first-order valence-electron chi connectivity index (χ1n) is 6.06. The van der Waals surface area contributed by atoms with Gasteiger partial charge < -0.3 is 10.5 Å². The Morgan fingerprint density at radius 1 is 1.32 bits per heavy atom. The van der Waals surface area contributed by atoms with Crippen molar-refractivity contribution in [3.8, 4) is 5.69 Å². The predicted molar refractivity (Wildman–Crippen MR) is 82.6 cm³/mol. The lowest BCUT2D eigenvalue weighted by molar-refractivity contribution is 0.0546. The molecule has 2 rings (SSSR count). The van der Waals surface area contributed by atoms with Gasteiger partial charge >= 0.3 is 5.97 Å². The van der Waals surface area contributed by atoms with Crippen LogP contribution < -0.4 is 5.73 Å². The lowest BCUT2D eigenvalue weighted by Gasteiger charge is -2.07. The fourth-order valence-electron chi connectivity index (χ4n) is 1.80. The van der Waals surface area contributed by atoms with E-state index in [0.29, 0.717) is 15.7 Å². The van der Waals surface area contributed by atoms with E-state index >= 15 is 0 Å². The first-order chi connectivity index (χ1) is 10.4. The van der Waals surface area contributed by atoms with E-state index in [2.05, 4.69) is 11.7 Å². The predicted octanol–water partition coefficient (Wildman–Crippen LogP) is 2.62. The molecule has 114 valence electrons. The molecular weight excluding hydrogens is 329 g/mol. The molecule has 22 heavy (non-hydrogen) atoms. The Labute approximate surface area is 136 Å². The van der Waals surface area contributed by atoms with E-state index in [4.69, 9.17) is 33.7 Å². The third-order valence-electron chi connectivity index (χ3n) is 2.65. The van der Waals surface area contributed by atoms with E-state index in [1.54, 1.807) is 0 Å². The van der Waals surface area contributed by atoms with Crippen molar-refractivity contribution in [1.82, 2.24) is 9.78 Å². The fraction of sp³-hybridized carbons (Fsp3) is 0.0714. The maximum Gasteiger partial charge on any atom is 0.342 e. The first kappa shape index (κ1) is 16.1. The zero-order chi connectivity index (χ0) is 16.3. The number of benzene rings is 1. The van der Waals surface area contributed by atoms with Gasteiger partial charge in [-0.2, -0.15) is 5.10 Å². The van der Waals surface area contributed by atoms with E-state index in [9.17, 15) is 9.59 Å². The van der Waals surface area contributed by atoms with Crippen molar-refractivity contribution in [3.63, 3.8) is 0 Å². The van der Waals surface area contributed by atoms with Crippen LogP contribution in [0.5, 0.6) is 0 Å². The molecule has 0 saturated carbocycles. The van der Waals surface area contributed by atoms with Gasteiger partial charge in [-0.3, -0.25) is 4.79 Å². The topological polar surface area (TPSA) is 87.2 Å². The molecule has 0 saturated heterocycles. The van der Waals surface area contributed by atoms with Crippen molar-refractivity contribution in [2.75, 3.05) is 6.61 Å². The average molecular weight is 340 g/mol. The number of primary amides is 1. The largest absolute Gasteiger partial charge is 0.458 e. The number of carbonyl (C=O) groups excluding carboxylic acids is 2. The molecular formula is C14H11Cl2N3O3. The van der Waals surface area contributed by atoms with Gasteiger partial charge in [0, 0.05) is 10.0 Å². The van der Waals surface area contributed by atoms with Gasteiger partial charge in [-0.15, -0.1) is 0 Å². The fourth-order valence-corrected chi connectivity index (χ4v) is 2.32. The number of esters is 1. The number of amides is 1. The Morgan fingerprint density at radius 3 is 2.50 bits per heavy atom. The van der Waals surface area contributed by atoms with Gasteiger partial charge in [0.25, 0.3) is 5.91 Å². The zero-order valence-corrected chi connectivity index (χ0v) is 12.8. The molecule has 2 aromatic rings. The minimum absolute atomic E-state index is 0.00517. The quantitative estimate of drug-likeness (QED) is 0.669. The molecule has 0 aliphatic heterocycles. The van der Waals surface area contributed by atoms with Gasteiger partial charge in [0.05, 0.1) is 11.9 Å². The number of ether oxygens (including phenoxy) is 1. The van der Waals surface area contributed by atoms with Crippen LogP contribution in [0, 0.1) is 0 Å². The summed E-state index contributed by atoms with van der Waals surface area (Å²) in [5.74, 6) is -1.56. The molecule has 0 atom stereocenters. The highest BCUT2D eigenvalue weighted by molar-refractivity contribution is 6.34. The molecule has 0 aliphatic carbocycles. The molecule has 8 heteroatoms. The summed E-state index contributed by atoms with van der Waals surface area (Å²) in [6, 6.07) is 4.59. The first-order valence-corrected chi connectivity index (χ1v) is 6.82. The molecule has 6 nitrogen and oxygen atoms in total. The number of nitrogens with zero attached hydrogens (tertiary/aromatic N) is 2. The maximum absolute atomic E-state index is 11.9. The molecule has 1 amide bonds. The third kappa shape index (κ3) is 3.29. The number of hydrogen-bond donors (Lipinski definition) is 1. The third-order valence-corrected chi connectivity index (χ3v) is 3.08. The monoisotopic (exact) mass is 339 g/mol. The van der Waals surface area contributed by atoms with E-state index < -0.39 is 11.9 Å². The van der Waals surface area contributed by atoms with Gasteiger partial charge in [-0.05, 0) is 18.2 Å². The van der Waals surface area contributed by atoms with Crippen LogP contribution in [0.2, 0.25) is 10.0 Å². The van der Waals surface area contributed by atoms with Gasteiger partial charge in [0.15, 0.2) is 0 Å². The molecule has 2 N–H and O–H groups in total. The highest BCUT2D eigenvalue weighted by atomic mass is 35.5. The number of halogens is 2. The van der Waals surface area contributed by atoms with Crippen molar-refractivity contribution in [1.29, 1.82) is 0 Å². The molecule has 0 spiro atoms. The highest BCUT2D eigenvalue weighted by Gasteiger charge is 2.23. The minimum atomic E-state index is -0.834. The van der Waals surface area contributed by atoms with Crippen molar-refractivity contribution in [2.24, 2.45) is 5.73 Å². The summed E-state index contributed by atoms with van der Waals surface area (Å²) in [5, 5.41) is 4.69. The molecule has 0 radical (unpaired) electrons. The Morgan fingerprint density at radius 2 is 1.95 bits per heavy atom. The van der Waals surface area contributed by atoms with Crippen LogP contribution >= 0.6 is 23.2 Å². The van der Waals surface area contributed by atoms with E-state index in [0.717, 1.165) is 0 Å². The van der Waals surface area contributed by atoms with Crippen LogP contribution in [0.4, 0.5) is 0 Å². The lowest BCUT2D eigenvalue weighted by Crippen LogP contribution is -2.21. The van der Waals surface area contributed by atoms with Gasteiger partial charge in [0.2, 0.25) is 0 Å². The van der Waals surface area contributed by atoms with Gasteiger partial charge in [-0.25, -0.2) is 9.48 Å². The zero-order valence-electron chi connectivity index (χ0n) is 11.3. The standard InChI is InChI=1S/C14H11Cl2N3O3/c1-2-3-22-14(21)11-7-18-19(12(11)13(17)20)10-5-8(15)4-9(16)6-10/h2,4-7H,1,3H2,(H2,17,20). The molecule has 0 bridgehead atoms. The van der Waals surface area contributed by atoms with Crippen LogP contribution in [0.15, 0.2) is 37.1 Å². The summed E-state index contributed by atoms with van der Waals surface area (Å²) in [7, 11) is 0. The van der Waals surface area contributed by atoms with Gasteiger partial charge in [-0.1, -0.05) is 35.9 Å². The summed E-state index contributed by atoms with van der Waals surface area (Å²) < 4.78 is 6.08. The number of rotatable bonds is 5. The smallest absolute Gasteiger partial charge is 0.342 e. The second-order valence-electron chi connectivity index (χ2n) is 4.20. The van der Waals surface area contributed by atoms with Crippen LogP contribution in [0.1, 0.15) is 20.8 Å². The summed E-state index contributed by atoms with van der Waals surface area (Å²) in [5.41, 5.74) is 5.57. The second-order valence-corrected chi connectivity index (χ2v) is 5.07. The number of hydrogen-bond acceptors (Lipinski definition) is 4. The lowest BCUT2D eigenvalue weighted by atomic mass is 10.2. The molecule has 1 heterocycles. The molecule has 0 unspecified atom stereocenters. The number of aromatic nitrogens is 2.